The summed E-state index contributed by atoms with van der Waals surface area (Å²) in [5, 5.41) is 11.3. The van der Waals surface area contributed by atoms with Crippen LogP contribution in [0.25, 0.3) is 0 Å². The lowest BCUT2D eigenvalue weighted by atomic mass is 10.0. The van der Waals surface area contributed by atoms with Crippen LogP contribution >= 0.6 is 23.5 Å². The molecule has 0 aromatic rings. The molecular weight excluding hydrogens is 246 g/mol. The molecule has 1 aliphatic heterocycles. The summed E-state index contributed by atoms with van der Waals surface area (Å²) < 4.78 is 0. The van der Waals surface area contributed by atoms with Gasteiger partial charge in [-0.3, -0.25) is 9.59 Å². The van der Waals surface area contributed by atoms with E-state index < -0.39 is 5.97 Å². The number of carboxylic acid groups (broad SMARTS) is 1. The summed E-state index contributed by atoms with van der Waals surface area (Å²) >= 11 is 3.11. The van der Waals surface area contributed by atoms with Crippen LogP contribution in [-0.2, 0) is 9.59 Å². The van der Waals surface area contributed by atoms with E-state index in [1.54, 1.807) is 0 Å². The van der Waals surface area contributed by atoms with E-state index in [4.69, 9.17) is 5.11 Å². The van der Waals surface area contributed by atoms with Crippen molar-refractivity contribution in [3.63, 3.8) is 0 Å². The number of rotatable bonds is 6. The molecule has 1 fully saturated rings. The molecule has 0 radical (unpaired) electrons. The summed E-state index contributed by atoms with van der Waals surface area (Å²) in [6.07, 6.45) is 2.35. The lowest BCUT2D eigenvalue weighted by Gasteiger charge is -2.21. The molecule has 2 N–H and O–H groups in total. The van der Waals surface area contributed by atoms with Crippen molar-refractivity contribution in [2.75, 3.05) is 29.6 Å². The molecule has 0 atom stereocenters. The highest BCUT2D eigenvalue weighted by Crippen LogP contribution is 2.21. The SMILES string of the molecule is O=C(O)CSCC(=O)NCC1CCSCC1. The molecule has 6 heteroatoms. The molecular formula is C10H17NO3S2. The van der Waals surface area contributed by atoms with Crippen molar-refractivity contribution >= 4 is 35.4 Å². The molecule has 1 heterocycles. The van der Waals surface area contributed by atoms with Gasteiger partial charge in [-0.25, -0.2) is 0 Å². The third kappa shape index (κ3) is 6.27. The van der Waals surface area contributed by atoms with Crippen molar-refractivity contribution in [2.45, 2.75) is 12.8 Å². The van der Waals surface area contributed by atoms with Crippen molar-refractivity contribution in [1.29, 1.82) is 0 Å². The Morgan fingerprint density at radius 2 is 2.00 bits per heavy atom. The average Bonchev–Trinajstić information content (AvgIpc) is 2.27. The average molecular weight is 263 g/mol. The molecule has 1 saturated heterocycles. The van der Waals surface area contributed by atoms with Crippen LogP contribution in [0.3, 0.4) is 0 Å². The molecule has 0 unspecified atom stereocenters. The van der Waals surface area contributed by atoms with Crippen LogP contribution in [-0.4, -0.2) is 46.5 Å². The summed E-state index contributed by atoms with van der Waals surface area (Å²) in [5.41, 5.74) is 0. The number of hydrogen-bond acceptors (Lipinski definition) is 4. The minimum absolute atomic E-state index is 0.00646. The Morgan fingerprint density at radius 3 is 2.62 bits per heavy atom. The van der Waals surface area contributed by atoms with Gasteiger partial charge in [0.2, 0.25) is 5.91 Å². The predicted octanol–water partition coefficient (Wildman–Crippen LogP) is 1.06. The lowest BCUT2D eigenvalue weighted by molar-refractivity contribution is -0.133. The number of carbonyl (C=O) groups is 2. The van der Waals surface area contributed by atoms with E-state index in [1.807, 2.05) is 11.8 Å². The van der Waals surface area contributed by atoms with Crippen molar-refractivity contribution < 1.29 is 14.7 Å². The van der Waals surface area contributed by atoms with Crippen molar-refractivity contribution in [3.05, 3.63) is 0 Å². The number of aliphatic carboxylic acids is 1. The topological polar surface area (TPSA) is 66.4 Å². The van der Waals surface area contributed by atoms with Crippen LogP contribution in [0.4, 0.5) is 0 Å². The first-order valence-corrected chi connectivity index (χ1v) is 7.63. The molecule has 16 heavy (non-hydrogen) atoms. The Hall–Kier alpha value is -0.360. The maximum absolute atomic E-state index is 11.3. The first-order chi connectivity index (χ1) is 7.68. The summed E-state index contributed by atoms with van der Waals surface area (Å²) in [5.74, 6) is 2.30. The first-order valence-electron chi connectivity index (χ1n) is 5.32. The van der Waals surface area contributed by atoms with Crippen molar-refractivity contribution in [3.8, 4) is 0 Å². The molecule has 1 rings (SSSR count). The van der Waals surface area contributed by atoms with E-state index in [9.17, 15) is 9.59 Å². The van der Waals surface area contributed by atoms with Crippen LogP contribution in [0, 0.1) is 5.92 Å². The zero-order valence-corrected chi connectivity index (χ0v) is 10.7. The van der Waals surface area contributed by atoms with E-state index in [1.165, 1.54) is 24.3 Å². The second-order valence-corrected chi connectivity index (χ2v) is 5.96. The minimum atomic E-state index is -0.873. The van der Waals surface area contributed by atoms with E-state index in [0.29, 0.717) is 5.92 Å². The summed E-state index contributed by atoms with van der Waals surface area (Å²) in [6.45, 7) is 0.743. The molecule has 0 aliphatic carbocycles. The summed E-state index contributed by atoms with van der Waals surface area (Å²) in [6, 6.07) is 0. The van der Waals surface area contributed by atoms with Gasteiger partial charge in [0.25, 0.3) is 0 Å². The Morgan fingerprint density at radius 1 is 1.31 bits per heavy atom. The maximum atomic E-state index is 11.3. The fraction of sp³-hybridized carbons (Fsp3) is 0.800. The van der Waals surface area contributed by atoms with Gasteiger partial charge < -0.3 is 10.4 Å². The van der Waals surface area contributed by atoms with Gasteiger partial charge in [-0.2, -0.15) is 11.8 Å². The molecule has 0 bridgehead atoms. The molecule has 0 aromatic carbocycles. The predicted molar refractivity (Wildman–Crippen MR) is 68.0 cm³/mol. The molecule has 0 spiro atoms. The van der Waals surface area contributed by atoms with Crippen LogP contribution < -0.4 is 5.32 Å². The molecule has 0 saturated carbocycles. The van der Waals surface area contributed by atoms with Crippen molar-refractivity contribution in [1.82, 2.24) is 5.32 Å². The number of nitrogens with one attached hydrogen (secondary N) is 1. The Labute approximate surface area is 104 Å². The number of carboxylic acids is 1. The smallest absolute Gasteiger partial charge is 0.313 e. The van der Waals surface area contributed by atoms with E-state index >= 15 is 0 Å². The van der Waals surface area contributed by atoms with Gasteiger partial charge in [0.1, 0.15) is 0 Å². The summed E-state index contributed by atoms with van der Waals surface area (Å²) in [7, 11) is 0. The molecule has 92 valence electrons. The summed E-state index contributed by atoms with van der Waals surface area (Å²) in [4.78, 5) is 21.6. The number of carbonyl (C=O) groups excluding carboxylic acids is 1. The molecule has 0 aromatic heterocycles. The van der Waals surface area contributed by atoms with E-state index in [2.05, 4.69) is 5.32 Å². The lowest BCUT2D eigenvalue weighted by Crippen LogP contribution is -2.32. The van der Waals surface area contributed by atoms with Gasteiger partial charge >= 0.3 is 5.97 Å². The highest BCUT2D eigenvalue weighted by atomic mass is 32.2. The first kappa shape index (κ1) is 13.7. The van der Waals surface area contributed by atoms with Crippen LogP contribution in [0.2, 0.25) is 0 Å². The van der Waals surface area contributed by atoms with Gasteiger partial charge in [-0.15, -0.1) is 11.8 Å². The fourth-order valence-electron chi connectivity index (χ4n) is 1.49. The van der Waals surface area contributed by atoms with E-state index in [-0.39, 0.29) is 17.4 Å². The second kappa shape index (κ2) is 7.84. The highest BCUT2D eigenvalue weighted by molar-refractivity contribution is 8.00. The van der Waals surface area contributed by atoms with Crippen LogP contribution in [0.5, 0.6) is 0 Å². The second-order valence-electron chi connectivity index (χ2n) is 3.75. The number of amides is 1. The Kier molecular flexibility index (Phi) is 6.71. The third-order valence-electron chi connectivity index (χ3n) is 2.39. The van der Waals surface area contributed by atoms with Gasteiger partial charge in [0.15, 0.2) is 0 Å². The van der Waals surface area contributed by atoms with Gasteiger partial charge in [0.05, 0.1) is 11.5 Å². The standard InChI is InChI=1S/C10H17NO3S2/c12-9(6-16-7-10(13)14)11-5-8-1-3-15-4-2-8/h8H,1-7H2,(H,11,12)(H,13,14). The highest BCUT2D eigenvalue weighted by Gasteiger charge is 2.14. The Balaban J connectivity index is 2.02. The molecule has 1 amide bonds. The largest absolute Gasteiger partial charge is 0.481 e. The third-order valence-corrected chi connectivity index (χ3v) is 4.35. The normalized spacial score (nSPS) is 17.0. The van der Waals surface area contributed by atoms with E-state index in [0.717, 1.165) is 18.3 Å². The number of thioether (sulfide) groups is 2. The Bertz CT molecular complexity index is 242. The van der Waals surface area contributed by atoms with Crippen LogP contribution in [0.1, 0.15) is 12.8 Å². The quantitative estimate of drug-likeness (QED) is 0.750. The zero-order chi connectivity index (χ0) is 11.8. The maximum Gasteiger partial charge on any atom is 0.313 e. The molecule has 1 aliphatic rings. The fourth-order valence-corrected chi connectivity index (χ4v) is 3.26. The monoisotopic (exact) mass is 263 g/mol. The zero-order valence-electron chi connectivity index (χ0n) is 9.11. The van der Waals surface area contributed by atoms with Crippen molar-refractivity contribution in [2.24, 2.45) is 5.92 Å². The van der Waals surface area contributed by atoms with Gasteiger partial charge in [-0.1, -0.05) is 0 Å². The van der Waals surface area contributed by atoms with Gasteiger partial charge in [-0.05, 0) is 30.3 Å². The molecule has 4 nitrogen and oxygen atoms in total. The number of hydrogen-bond donors (Lipinski definition) is 2. The minimum Gasteiger partial charge on any atom is -0.481 e. The van der Waals surface area contributed by atoms with Crippen LogP contribution in [0.15, 0.2) is 0 Å². The van der Waals surface area contributed by atoms with Gasteiger partial charge in [0, 0.05) is 6.54 Å².